The van der Waals surface area contributed by atoms with E-state index in [0.29, 0.717) is 17.4 Å². The van der Waals surface area contributed by atoms with Crippen LogP contribution >= 0.6 is 15.9 Å². The van der Waals surface area contributed by atoms with Crippen LogP contribution in [0.3, 0.4) is 0 Å². The molecule has 2 aromatic rings. The second-order valence-corrected chi connectivity index (χ2v) is 5.70. The summed E-state index contributed by atoms with van der Waals surface area (Å²) in [6, 6.07) is 5.52. The van der Waals surface area contributed by atoms with Gasteiger partial charge in [0.2, 0.25) is 5.82 Å². The van der Waals surface area contributed by atoms with Gasteiger partial charge in [-0.2, -0.15) is 4.98 Å². The van der Waals surface area contributed by atoms with Gasteiger partial charge in [-0.15, -0.1) is 0 Å². The minimum atomic E-state index is -0.424. The van der Waals surface area contributed by atoms with Crippen molar-refractivity contribution in [3.8, 4) is 11.5 Å². The van der Waals surface area contributed by atoms with Crippen LogP contribution in [0.25, 0.3) is 11.5 Å². The molecule has 3 rings (SSSR count). The maximum Gasteiger partial charge on any atom is 0.258 e. The van der Waals surface area contributed by atoms with Gasteiger partial charge in [-0.3, -0.25) is 0 Å². The Hall–Kier alpha value is -1.40. The topological polar surface area (TPSA) is 74.2 Å². The lowest BCUT2D eigenvalue weighted by Gasteiger charge is -2.17. The van der Waals surface area contributed by atoms with Crippen molar-refractivity contribution in [1.82, 2.24) is 10.1 Å². The number of nitrogen functional groups attached to an aromatic ring is 1. The van der Waals surface area contributed by atoms with Crippen molar-refractivity contribution in [2.45, 2.75) is 25.4 Å². The highest BCUT2D eigenvalue weighted by atomic mass is 79.9. The highest BCUT2D eigenvalue weighted by Crippen LogP contribution is 2.35. The van der Waals surface area contributed by atoms with E-state index in [1.54, 1.807) is 6.07 Å². The summed E-state index contributed by atoms with van der Waals surface area (Å²) in [5, 5.41) is 4.04. The van der Waals surface area contributed by atoms with Crippen LogP contribution in [-0.4, -0.2) is 16.7 Å². The van der Waals surface area contributed by atoms with Gasteiger partial charge in [-0.05, 0) is 53.9 Å². The molecule has 0 bridgehead atoms. The Balaban J connectivity index is 1.94. The molecule has 1 saturated heterocycles. The molecule has 1 atom stereocenters. The Labute approximate surface area is 119 Å². The average Bonchev–Trinajstić information content (AvgIpc) is 3.02. The lowest BCUT2D eigenvalue weighted by atomic mass is 10.0. The van der Waals surface area contributed by atoms with E-state index in [9.17, 15) is 0 Å². The molecule has 1 fully saturated rings. The van der Waals surface area contributed by atoms with Gasteiger partial charge in [0.25, 0.3) is 5.89 Å². The number of hydrogen-bond acceptors (Lipinski definition) is 5. The van der Waals surface area contributed by atoms with Gasteiger partial charge >= 0.3 is 0 Å². The first-order valence-electron chi connectivity index (χ1n) is 6.12. The van der Waals surface area contributed by atoms with E-state index in [4.69, 9.17) is 15.0 Å². The summed E-state index contributed by atoms with van der Waals surface area (Å²) in [7, 11) is 0. The molecule has 1 aromatic carbocycles. The van der Waals surface area contributed by atoms with E-state index in [1.165, 1.54) is 0 Å². The first-order chi connectivity index (χ1) is 9.08. The molecular formula is C13H14BrN3O2. The summed E-state index contributed by atoms with van der Waals surface area (Å²) in [4.78, 5) is 4.44. The van der Waals surface area contributed by atoms with Crippen LogP contribution in [0.4, 0.5) is 5.69 Å². The highest BCUT2D eigenvalue weighted by molar-refractivity contribution is 9.10. The molecule has 0 amide bonds. The third kappa shape index (κ3) is 2.26. The largest absolute Gasteiger partial charge is 0.398 e. The fourth-order valence-electron chi connectivity index (χ4n) is 2.17. The molecule has 1 aliphatic heterocycles. The minimum Gasteiger partial charge on any atom is -0.398 e. The summed E-state index contributed by atoms with van der Waals surface area (Å²) in [6.45, 7) is 2.74. The standard InChI is InChI=1S/C13H14BrN3O2/c1-13(5-2-6-18-13)12-16-11(19-17-12)8-3-4-10(15)9(14)7-8/h3-4,7H,2,5-6,15H2,1H3. The predicted octanol–water partition coefficient (Wildman–Crippen LogP) is 3.11. The Kier molecular flexibility index (Phi) is 3.06. The molecule has 0 saturated carbocycles. The van der Waals surface area contributed by atoms with E-state index in [1.807, 2.05) is 19.1 Å². The van der Waals surface area contributed by atoms with Crippen LogP contribution in [0.5, 0.6) is 0 Å². The van der Waals surface area contributed by atoms with Crippen molar-refractivity contribution < 1.29 is 9.26 Å². The number of benzene rings is 1. The zero-order valence-corrected chi connectivity index (χ0v) is 12.1. The number of nitrogens with two attached hydrogens (primary N) is 1. The SMILES string of the molecule is CC1(c2noc(-c3ccc(N)c(Br)c3)n2)CCCO1. The fourth-order valence-corrected chi connectivity index (χ4v) is 2.55. The molecule has 1 aliphatic rings. The van der Waals surface area contributed by atoms with Crippen molar-refractivity contribution in [3.05, 3.63) is 28.5 Å². The molecule has 2 N–H and O–H groups in total. The fraction of sp³-hybridized carbons (Fsp3) is 0.385. The van der Waals surface area contributed by atoms with Crippen LogP contribution in [0.1, 0.15) is 25.6 Å². The summed E-state index contributed by atoms with van der Waals surface area (Å²) in [5.41, 5.74) is 6.85. The van der Waals surface area contributed by atoms with Crippen molar-refractivity contribution in [3.63, 3.8) is 0 Å². The maximum absolute atomic E-state index is 5.76. The predicted molar refractivity (Wildman–Crippen MR) is 74.4 cm³/mol. The molecule has 100 valence electrons. The molecule has 2 heterocycles. The molecule has 6 heteroatoms. The normalized spacial score (nSPS) is 22.8. The van der Waals surface area contributed by atoms with E-state index >= 15 is 0 Å². The number of aromatic nitrogens is 2. The molecule has 5 nitrogen and oxygen atoms in total. The lowest BCUT2D eigenvalue weighted by molar-refractivity contribution is 0.00768. The zero-order chi connectivity index (χ0) is 13.5. The number of halogens is 1. The van der Waals surface area contributed by atoms with E-state index in [-0.39, 0.29) is 0 Å². The highest BCUT2D eigenvalue weighted by Gasteiger charge is 2.36. The number of nitrogens with zero attached hydrogens (tertiary/aromatic N) is 2. The summed E-state index contributed by atoms with van der Waals surface area (Å²) >= 11 is 3.39. The maximum atomic E-state index is 5.76. The quantitative estimate of drug-likeness (QED) is 0.859. The molecule has 0 aliphatic carbocycles. The van der Waals surface area contributed by atoms with Crippen molar-refractivity contribution >= 4 is 21.6 Å². The third-order valence-corrected chi connectivity index (χ3v) is 4.05. The zero-order valence-electron chi connectivity index (χ0n) is 10.5. The van der Waals surface area contributed by atoms with Gasteiger partial charge in [0.1, 0.15) is 5.60 Å². The van der Waals surface area contributed by atoms with Crippen molar-refractivity contribution in [2.24, 2.45) is 0 Å². The van der Waals surface area contributed by atoms with Crippen LogP contribution in [0, 0.1) is 0 Å². The average molecular weight is 324 g/mol. The summed E-state index contributed by atoms with van der Waals surface area (Å²) in [6.07, 6.45) is 1.94. The third-order valence-electron chi connectivity index (χ3n) is 3.37. The molecular weight excluding hydrogens is 310 g/mol. The van der Waals surface area contributed by atoms with Gasteiger partial charge in [-0.1, -0.05) is 5.16 Å². The number of ether oxygens (including phenoxy) is 1. The number of anilines is 1. The molecule has 0 spiro atoms. The first kappa shape index (κ1) is 12.6. The molecule has 0 radical (unpaired) electrons. The Morgan fingerprint density at radius 2 is 2.26 bits per heavy atom. The van der Waals surface area contributed by atoms with Crippen LogP contribution in [-0.2, 0) is 10.3 Å². The first-order valence-corrected chi connectivity index (χ1v) is 6.91. The molecule has 1 aromatic heterocycles. The van der Waals surface area contributed by atoms with Gasteiger partial charge in [-0.25, -0.2) is 0 Å². The van der Waals surface area contributed by atoms with Gasteiger partial charge < -0.3 is 15.0 Å². The van der Waals surface area contributed by atoms with Crippen molar-refractivity contribution in [1.29, 1.82) is 0 Å². The summed E-state index contributed by atoms with van der Waals surface area (Å²) in [5.74, 6) is 1.08. The smallest absolute Gasteiger partial charge is 0.258 e. The number of hydrogen-bond donors (Lipinski definition) is 1. The lowest BCUT2D eigenvalue weighted by Crippen LogP contribution is -2.21. The number of rotatable bonds is 2. The molecule has 19 heavy (non-hydrogen) atoms. The molecule has 1 unspecified atom stereocenters. The van der Waals surface area contributed by atoms with Gasteiger partial charge in [0.15, 0.2) is 0 Å². The van der Waals surface area contributed by atoms with E-state index < -0.39 is 5.60 Å². The van der Waals surface area contributed by atoms with E-state index in [2.05, 4.69) is 26.1 Å². The monoisotopic (exact) mass is 323 g/mol. The minimum absolute atomic E-state index is 0.424. The van der Waals surface area contributed by atoms with Crippen LogP contribution in [0.15, 0.2) is 27.2 Å². The Morgan fingerprint density at radius 3 is 2.95 bits per heavy atom. The van der Waals surface area contributed by atoms with Crippen LogP contribution < -0.4 is 5.73 Å². The second-order valence-electron chi connectivity index (χ2n) is 4.84. The Morgan fingerprint density at radius 1 is 1.42 bits per heavy atom. The summed E-state index contributed by atoms with van der Waals surface area (Å²) < 4.78 is 11.8. The van der Waals surface area contributed by atoms with Gasteiger partial charge in [0, 0.05) is 22.3 Å². The van der Waals surface area contributed by atoms with E-state index in [0.717, 1.165) is 29.5 Å². The van der Waals surface area contributed by atoms with Gasteiger partial charge in [0.05, 0.1) is 0 Å². The van der Waals surface area contributed by atoms with Crippen molar-refractivity contribution in [2.75, 3.05) is 12.3 Å². The van der Waals surface area contributed by atoms with Crippen LogP contribution in [0.2, 0.25) is 0 Å². The second kappa shape index (κ2) is 4.61. The Bertz CT molecular complexity index is 606.